The Labute approximate surface area is 117 Å². The fraction of sp³-hybridized carbons (Fsp3) is 0.231. The lowest BCUT2D eigenvalue weighted by molar-refractivity contribution is 0.576. The number of nitrogens with two attached hydrogens (primary N) is 1. The van der Waals surface area contributed by atoms with E-state index in [0.29, 0.717) is 0 Å². The molecule has 19 heavy (non-hydrogen) atoms. The van der Waals surface area contributed by atoms with Crippen molar-refractivity contribution >= 4 is 21.4 Å². The van der Waals surface area contributed by atoms with E-state index in [2.05, 4.69) is 11.4 Å². The first-order valence-electron chi connectivity index (χ1n) is 5.85. The summed E-state index contributed by atoms with van der Waals surface area (Å²) in [5.41, 5.74) is 0.906. The molecule has 3 N–H and O–H groups in total. The zero-order chi connectivity index (χ0) is 13.9. The predicted octanol–water partition coefficient (Wildman–Crippen LogP) is 2.25. The molecule has 1 unspecified atom stereocenters. The van der Waals surface area contributed by atoms with Crippen LogP contribution in [0.5, 0.6) is 0 Å². The first kappa shape index (κ1) is 14.2. The summed E-state index contributed by atoms with van der Waals surface area (Å²) in [7, 11) is -3.64. The molecule has 0 aliphatic heterocycles. The molecule has 0 amide bonds. The molecule has 0 saturated heterocycles. The molecule has 6 heteroatoms. The van der Waals surface area contributed by atoms with Crippen LogP contribution in [0, 0.1) is 0 Å². The van der Waals surface area contributed by atoms with Gasteiger partial charge in [-0.25, -0.2) is 13.6 Å². The molecule has 0 aliphatic carbocycles. The third kappa shape index (κ3) is 3.87. The normalized spacial score (nSPS) is 13.4. The molecule has 2 rings (SSSR count). The molecule has 2 aromatic rings. The van der Waals surface area contributed by atoms with Gasteiger partial charge in [-0.15, -0.1) is 11.3 Å². The van der Waals surface area contributed by atoms with Crippen LogP contribution in [0.4, 0.5) is 0 Å². The second-order valence-corrected chi connectivity index (χ2v) is 6.89. The molecular formula is C13H16N2O2S2. The standard InChI is InChI=1S/C13H16N2O2S2/c1-10(15-9-12-5-3-7-18-12)11-4-2-6-13(8-11)19(14,16)17/h2-8,10,15H,9H2,1H3,(H2,14,16,17). The van der Waals surface area contributed by atoms with Gasteiger partial charge in [0.2, 0.25) is 10.0 Å². The Kier molecular flexibility index (Phi) is 4.36. The second-order valence-electron chi connectivity index (χ2n) is 4.30. The number of hydrogen-bond acceptors (Lipinski definition) is 4. The zero-order valence-corrected chi connectivity index (χ0v) is 12.2. The van der Waals surface area contributed by atoms with Crippen molar-refractivity contribution in [3.63, 3.8) is 0 Å². The van der Waals surface area contributed by atoms with E-state index in [1.165, 1.54) is 10.9 Å². The Morgan fingerprint density at radius 1 is 1.32 bits per heavy atom. The van der Waals surface area contributed by atoms with Crippen LogP contribution >= 0.6 is 11.3 Å². The summed E-state index contributed by atoms with van der Waals surface area (Å²) < 4.78 is 22.6. The number of hydrogen-bond donors (Lipinski definition) is 2. The van der Waals surface area contributed by atoms with Crippen molar-refractivity contribution in [1.82, 2.24) is 5.32 Å². The molecule has 1 heterocycles. The first-order chi connectivity index (χ1) is 8.97. The minimum Gasteiger partial charge on any atom is -0.305 e. The molecule has 4 nitrogen and oxygen atoms in total. The zero-order valence-electron chi connectivity index (χ0n) is 10.5. The second kappa shape index (κ2) is 5.83. The van der Waals surface area contributed by atoms with Crippen molar-refractivity contribution in [2.45, 2.75) is 24.4 Å². The minimum atomic E-state index is -3.64. The van der Waals surface area contributed by atoms with Crippen LogP contribution in [0.15, 0.2) is 46.7 Å². The smallest absolute Gasteiger partial charge is 0.238 e. The van der Waals surface area contributed by atoms with Gasteiger partial charge in [-0.05, 0) is 36.1 Å². The molecule has 0 bridgehead atoms. The van der Waals surface area contributed by atoms with E-state index in [-0.39, 0.29) is 10.9 Å². The number of benzene rings is 1. The van der Waals surface area contributed by atoms with E-state index in [1.54, 1.807) is 23.5 Å². The summed E-state index contributed by atoms with van der Waals surface area (Å²) in [5, 5.41) is 10.5. The molecule has 1 aromatic carbocycles. The summed E-state index contributed by atoms with van der Waals surface area (Å²) >= 11 is 1.69. The number of primary sulfonamides is 1. The molecule has 1 atom stereocenters. The first-order valence-corrected chi connectivity index (χ1v) is 8.28. The fourth-order valence-electron chi connectivity index (χ4n) is 1.75. The third-order valence-electron chi connectivity index (χ3n) is 2.85. The Morgan fingerprint density at radius 3 is 2.74 bits per heavy atom. The monoisotopic (exact) mass is 296 g/mol. The van der Waals surface area contributed by atoms with Crippen molar-refractivity contribution in [1.29, 1.82) is 0 Å². The highest BCUT2D eigenvalue weighted by atomic mass is 32.2. The van der Waals surface area contributed by atoms with Crippen molar-refractivity contribution in [3.05, 3.63) is 52.2 Å². The van der Waals surface area contributed by atoms with Crippen LogP contribution < -0.4 is 10.5 Å². The van der Waals surface area contributed by atoms with E-state index in [1.807, 2.05) is 24.4 Å². The van der Waals surface area contributed by atoms with Gasteiger partial charge in [-0.2, -0.15) is 0 Å². The average molecular weight is 296 g/mol. The Balaban J connectivity index is 2.09. The maximum absolute atomic E-state index is 11.3. The number of nitrogens with one attached hydrogen (secondary N) is 1. The van der Waals surface area contributed by atoms with E-state index >= 15 is 0 Å². The van der Waals surface area contributed by atoms with Crippen molar-refractivity contribution in [2.75, 3.05) is 0 Å². The molecule has 0 radical (unpaired) electrons. The van der Waals surface area contributed by atoms with Crippen LogP contribution in [0.1, 0.15) is 23.4 Å². The topological polar surface area (TPSA) is 72.2 Å². The lowest BCUT2D eigenvalue weighted by atomic mass is 10.1. The quantitative estimate of drug-likeness (QED) is 0.889. The summed E-state index contributed by atoms with van der Waals surface area (Å²) in [5.74, 6) is 0. The van der Waals surface area contributed by atoms with Gasteiger partial charge in [-0.3, -0.25) is 0 Å². The number of sulfonamides is 1. The third-order valence-corrected chi connectivity index (χ3v) is 4.64. The van der Waals surface area contributed by atoms with E-state index in [4.69, 9.17) is 5.14 Å². The average Bonchev–Trinajstić information content (AvgIpc) is 2.88. The van der Waals surface area contributed by atoms with Crippen LogP contribution in [0.25, 0.3) is 0 Å². The Morgan fingerprint density at radius 2 is 2.11 bits per heavy atom. The maximum Gasteiger partial charge on any atom is 0.238 e. The maximum atomic E-state index is 11.3. The predicted molar refractivity (Wildman–Crippen MR) is 77.4 cm³/mol. The molecular weight excluding hydrogens is 280 g/mol. The summed E-state index contributed by atoms with van der Waals surface area (Å²) in [6.45, 7) is 2.76. The molecule has 0 saturated carbocycles. The van der Waals surface area contributed by atoms with Gasteiger partial charge < -0.3 is 5.32 Å². The van der Waals surface area contributed by atoms with Gasteiger partial charge in [0, 0.05) is 17.5 Å². The largest absolute Gasteiger partial charge is 0.305 e. The highest BCUT2D eigenvalue weighted by Crippen LogP contribution is 2.18. The minimum absolute atomic E-state index is 0.0591. The van der Waals surface area contributed by atoms with Gasteiger partial charge >= 0.3 is 0 Å². The van der Waals surface area contributed by atoms with Gasteiger partial charge in [0.1, 0.15) is 0 Å². The number of thiophene rings is 1. The highest BCUT2D eigenvalue weighted by Gasteiger charge is 2.11. The summed E-state index contributed by atoms with van der Waals surface area (Å²) in [6.07, 6.45) is 0. The van der Waals surface area contributed by atoms with E-state index < -0.39 is 10.0 Å². The molecule has 0 fully saturated rings. The van der Waals surface area contributed by atoms with Gasteiger partial charge in [0.25, 0.3) is 0 Å². The number of rotatable bonds is 5. The SMILES string of the molecule is CC(NCc1cccs1)c1cccc(S(N)(=O)=O)c1. The van der Waals surface area contributed by atoms with Crippen molar-refractivity contribution < 1.29 is 8.42 Å². The van der Waals surface area contributed by atoms with Gasteiger partial charge in [-0.1, -0.05) is 18.2 Å². The van der Waals surface area contributed by atoms with Gasteiger partial charge in [0.15, 0.2) is 0 Å². The fourth-order valence-corrected chi connectivity index (χ4v) is 2.97. The van der Waals surface area contributed by atoms with Gasteiger partial charge in [0.05, 0.1) is 4.90 Å². The summed E-state index contributed by atoms with van der Waals surface area (Å²) in [4.78, 5) is 1.39. The van der Waals surface area contributed by atoms with Crippen molar-refractivity contribution in [2.24, 2.45) is 5.14 Å². The summed E-state index contributed by atoms with van der Waals surface area (Å²) in [6, 6.07) is 10.8. The van der Waals surface area contributed by atoms with E-state index in [9.17, 15) is 8.42 Å². The lowest BCUT2D eigenvalue weighted by Gasteiger charge is -2.14. The Hall–Kier alpha value is -1.21. The van der Waals surface area contributed by atoms with Crippen LogP contribution in [0.3, 0.4) is 0 Å². The molecule has 0 spiro atoms. The molecule has 1 aromatic heterocycles. The Bertz CT molecular complexity index is 636. The lowest BCUT2D eigenvalue weighted by Crippen LogP contribution is -2.18. The highest BCUT2D eigenvalue weighted by molar-refractivity contribution is 7.89. The van der Waals surface area contributed by atoms with Crippen LogP contribution in [-0.4, -0.2) is 8.42 Å². The van der Waals surface area contributed by atoms with E-state index in [0.717, 1.165) is 12.1 Å². The molecule has 0 aliphatic rings. The molecule has 102 valence electrons. The van der Waals surface area contributed by atoms with Crippen molar-refractivity contribution in [3.8, 4) is 0 Å². The van der Waals surface area contributed by atoms with Crippen LogP contribution in [0.2, 0.25) is 0 Å². The van der Waals surface area contributed by atoms with Crippen LogP contribution in [-0.2, 0) is 16.6 Å².